The lowest BCUT2D eigenvalue weighted by molar-refractivity contribution is -0.127. The lowest BCUT2D eigenvalue weighted by atomic mass is 9.72. The number of nitrogens with one attached hydrogen (secondary N) is 4. The number of benzene rings is 1. The van der Waals surface area contributed by atoms with Gasteiger partial charge in [-0.2, -0.15) is 0 Å². The zero-order valence-electron chi connectivity index (χ0n) is 17.6. The van der Waals surface area contributed by atoms with E-state index in [0.717, 1.165) is 18.4 Å². The lowest BCUT2D eigenvalue weighted by Crippen LogP contribution is -2.63. The second kappa shape index (κ2) is 7.23. The van der Waals surface area contributed by atoms with Crippen LogP contribution in [0.3, 0.4) is 0 Å². The topological polar surface area (TPSA) is 143 Å². The Balaban J connectivity index is 1.40. The van der Waals surface area contributed by atoms with Crippen LogP contribution in [-0.2, 0) is 15.1 Å². The summed E-state index contributed by atoms with van der Waals surface area (Å²) >= 11 is 0. The molecule has 11 nitrogen and oxygen atoms in total. The van der Waals surface area contributed by atoms with Gasteiger partial charge in [0.05, 0.1) is 11.6 Å². The quantitative estimate of drug-likeness (QED) is 0.370. The minimum Gasteiger partial charge on any atom is -0.323 e. The molecule has 166 valence electrons. The number of aromatic nitrogens is 4. The second-order valence-corrected chi connectivity index (χ2v) is 8.96. The number of tetrazole rings is 1. The van der Waals surface area contributed by atoms with Gasteiger partial charge in [0.1, 0.15) is 5.54 Å². The second-order valence-electron chi connectivity index (χ2n) is 8.96. The average molecular weight is 436 g/mol. The minimum absolute atomic E-state index is 0.0125. The van der Waals surface area contributed by atoms with Crippen LogP contribution in [0.1, 0.15) is 50.0 Å². The standard InChI is InChI=1S/C21H24N8O3/c1-3-15(30)22-13-6-4-12(5-7-13)16(17-26-27-28-29(17)20(2)8-9-20)23-14-10-21(11-14)18(31)24-19(32)25-21/h3-7,14,16,23H,1,8-11H2,2H3,(H,22,30)(H2,24,25,31,32). The van der Waals surface area contributed by atoms with Gasteiger partial charge < -0.3 is 16.0 Å². The summed E-state index contributed by atoms with van der Waals surface area (Å²) in [5.74, 6) is 0.123. The van der Waals surface area contributed by atoms with Crippen LogP contribution in [0.15, 0.2) is 36.9 Å². The van der Waals surface area contributed by atoms with Crippen LogP contribution >= 0.6 is 0 Å². The normalized spacial score (nSPS) is 26.1. The van der Waals surface area contributed by atoms with Crippen LogP contribution in [0.25, 0.3) is 0 Å². The zero-order chi connectivity index (χ0) is 22.5. The molecule has 3 fully saturated rings. The highest BCUT2D eigenvalue weighted by Gasteiger charge is 2.56. The highest BCUT2D eigenvalue weighted by Crippen LogP contribution is 2.44. The van der Waals surface area contributed by atoms with E-state index >= 15 is 0 Å². The van der Waals surface area contributed by atoms with Crippen LogP contribution < -0.4 is 21.3 Å². The number of anilines is 1. The van der Waals surface area contributed by atoms with Crippen molar-refractivity contribution >= 4 is 23.5 Å². The van der Waals surface area contributed by atoms with Gasteiger partial charge in [0, 0.05) is 11.7 Å². The smallest absolute Gasteiger partial charge is 0.322 e. The van der Waals surface area contributed by atoms with Crippen LogP contribution in [0.2, 0.25) is 0 Å². The molecule has 3 aliphatic rings. The monoisotopic (exact) mass is 436 g/mol. The molecule has 1 aliphatic heterocycles. The molecule has 1 spiro atoms. The average Bonchev–Trinajstić information content (AvgIpc) is 3.17. The molecule has 1 aromatic carbocycles. The summed E-state index contributed by atoms with van der Waals surface area (Å²) in [6, 6.07) is 6.64. The third-order valence-corrected chi connectivity index (χ3v) is 6.54. The lowest BCUT2D eigenvalue weighted by Gasteiger charge is -2.44. The van der Waals surface area contributed by atoms with Crippen LogP contribution in [0.4, 0.5) is 10.5 Å². The molecule has 2 aromatic rings. The van der Waals surface area contributed by atoms with E-state index in [1.807, 2.05) is 28.9 Å². The summed E-state index contributed by atoms with van der Waals surface area (Å²) < 4.78 is 1.87. The van der Waals surface area contributed by atoms with E-state index in [2.05, 4.69) is 50.3 Å². The zero-order valence-corrected chi connectivity index (χ0v) is 17.6. The summed E-state index contributed by atoms with van der Waals surface area (Å²) in [5, 5.41) is 23.8. The van der Waals surface area contributed by atoms with Crippen LogP contribution in [0.5, 0.6) is 0 Å². The molecule has 1 saturated heterocycles. The van der Waals surface area contributed by atoms with E-state index in [-0.39, 0.29) is 29.4 Å². The summed E-state index contributed by atoms with van der Waals surface area (Å²) in [6.07, 6.45) is 4.18. The molecule has 5 rings (SSSR count). The molecular formula is C21H24N8O3. The molecule has 1 atom stereocenters. The van der Waals surface area contributed by atoms with Gasteiger partial charge in [-0.15, -0.1) is 5.10 Å². The van der Waals surface area contributed by atoms with Gasteiger partial charge in [-0.1, -0.05) is 18.7 Å². The highest BCUT2D eigenvalue weighted by molar-refractivity contribution is 6.07. The fourth-order valence-electron chi connectivity index (χ4n) is 4.37. The molecule has 0 radical (unpaired) electrons. The predicted molar refractivity (Wildman–Crippen MR) is 113 cm³/mol. The number of carbonyl (C=O) groups is 3. The molecule has 4 amide bonds. The third kappa shape index (κ3) is 3.44. The van der Waals surface area contributed by atoms with Crippen molar-refractivity contribution in [3.63, 3.8) is 0 Å². The molecule has 2 aliphatic carbocycles. The van der Waals surface area contributed by atoms with Gasteiger partial charge in [-0.25, -0.2) is 9.48 Å². The molecule has 0 bridgehead atoms. The minimum atomic E-state index is -0.841. The third-order valence-electron chi connectivity index (χ3n) is 6.54. The fourth-order valence-corrected chi connectivity index (χ4v) is 4.37. The molecule has 1 aromatic heterocycles. The Morgan fingerprint density at radius 2 is 2.00 bits per heavy atom. The van der Waals surface area contributed by atoms with E-state index in [1.165, 1.54) is 6.08 Å². The van der Waals surface area contributed by atoms with E-state index in [9.17, 15) is 14.4 Å². The van der Waals surface area contributed by atoms with Gasteiger partial charge in [0.2, 0.25) is 5.91 Å². The number of hydrogen-bond donors (Lipinski definition) is 4. The van der Waals surface area contributed by atoms with Crippen molar-refractivity contribution < 1.29 is 14.4 Å². The number of carbonyl (C=O) groups excluding carboxylic acids is 3. The van der Waals surface area contributed by atoms with Crippen molar-refractivity contribution in [3.05, 3.63) is 48.3 Å². The Morgan fingerprint density at radius 3 is 2.59 bits per heavy atom. The SMILES string of the molecule is C=CC(=O)Nc1ccc(C(NC2CC3(C2)NC(=O)NC3=O)c2nnnn2C2(C)CC2)cc1. The molecule has 1 unspecified atom stereocenters. The van der Waals surface area contributed by atoms with Gasteiger partial charge in [0.25, 0.3) is 5.91 Å². The summed E-state index contributed by atoms with van der Waals surface area (Å²) in [7, 11) is 0. The number of imide groups is 1. The van der Waals surface area contributed by atoms with Crippen molar-refractivity contribution in [2.24, 2.45) is 0 Å². The maximum Gasteiger partial charge on any atom is 0.322 e. The summed E-state index contributed by atoms with van der Waals surface area (Å²) in [5.41, 5.74) is 0.630. The van der Waals surface area contributed by atoms with E-state index in [0.29, 0.717) is 24.4 Å². The van der Waals surface area contributed by atoms with E-state index in [1.54, 1.807) is 0 Å². The van der Waals surface area contributed by atoms with Crippen molar-refractivity contribution in [1.82, 2.24) is 36.2 Å². The van der Waals surface area contributed by atoms with Gasteiger partial charge in [-0.05, 0) is 66.8 Å². The Morgan fingerprint density at radius 1 is 1.28 bits per heavy atom. The van der Waals surface area contributed by atoms with Crippen LogP contribution in [0, 0.1) is 0 Å². The van der Waals surface area contributed by atoms with Gasteiger partial charge in [-0.3, -0.25) is 14.9 Å². The molecule has 11 heteroatoms. The fraction of sp³-hybridized carbons (Fsp3) is 0.429. The number of rotatable bonds is 7. The number of amides is 4. The Bertz CT molecular complexity index is 1100. The van der Waals surface area contributed by atoms with Crippen molar-refractivity contribution in [2.45, 2.75) is 55.8 Å². The largest absolute Gasteiger partial charge is 0.323 e. The maximum absolute atomic E-state index is 12.2. The van der Waals surface area contributed by atoms with Crippen molar-refractivity contribution in [3.8, 4) is 0 Å². The molecule has 2 heterocycles. The first-order valence-corrected chi connectivity index (χ1v) is 10.5. The van der Waals surface area contributed by atoms with Crippen molar-refractivity contribution in [1.29, 1.82) is 0 Å². The number of hydrogen-bond acceptors (Lipinski definition) is 7. The summed E-state index contributed by atoms with van der Waals surface area (Å²) in [4.78, 5) is 35.3. The maximum atomic E-state index is 12.2. The van der Waals surface area contributed by atoms with Crippen LogP contribution in [-0.4, -0.2) is 49.6 Å². The number of urea groups is 1. The Hall–Kier alpha value is -3.60. The first-order valence-electron chi connectivity index (χ1n) is 10.5. The molecule has 4 N–H and O–H groups in total. The first kappa shape index (κ1) is 20.3. The van der Waals surface area contributed by atoms with Gasteiger partial charge >= 0.3 is 6.03 Å². The Kier molecular flexibility index (Phi) is 4.59. The Labute approximate surface area is 184 Å². The van der Waals surface area contributed by atoms with Gasteiger partial charge in [0.15, 0.2) is 5.82 Å². The van der Waals surface area contributed by atoms with E-state index in [4.69, 9.17) is 0 Å². The predicted octanol–water partition coefficient (Wildman–Crippen LogP) is 0.726. The molecular weight excluding hydrogens is 412 g/mol. The van der Waals surface area contributed by atoms with Crippen molar-refractivity contribution in [2.75, 3.05) is 5.32 Å². The molecule has 32 heavy (non-hydrogen) atoms. The first-order chi connectivity index (χ1) is 15.3. The molecule has 2 saturated carbocycles. The van der Waals surface area contributed by atoms with E-state index < -0.39 is 11.6 Å². The number of nitrogens with zero attached hydrogens (tertiary/aromatic N) is 4. The summed E-state index contributed by atoms with van der Waals surface area (Å²) in [6.45, 7) is 5.58. The highest BCUT2D eigenvalue weighted by atomic mass is 16.2.